The molecule has 9 atom stereocenters. The molecule has 4 aromatic rings. The van der Waals surface area contributed by atoms with Gasteiger partial charge in [-0.05, 0) is 0 Å². The van der Waals surface area contributed by atoms with Gasteiger partial charge in [-0.3, -0.25) is 37.0 Å². The fourth-order valence-corrected chi connectivity index (χ4v) is 7.15. The van der Waals surface area contributed by atoms with Crippen molar-refractivity contribution < 1.29 is 51.6 Å². The van der Waals surface area contributed by atoms with Crippen LogP contribution in [-0.4, -0.2) is 97.7 Å². The van der Waals surface area contributed by atoms with Crippen molar-refractivity contribution in [2.24, 2.45) is 0 Å². The molecule has 0 amide bonds. The molecule has 3 aliphatic heterocycles. The normalized spacial score (nSPS) is 36.6. The summed E-state index contributed by atoms with van der Waals surface area (Å²) in [6.07, 6.45) is -5.86. The molecular formula is C20H24N10O12P2. The number of nitrogens with one attached hydrogen (secondary N) is 1. The van der Waals surface area contributed by atoms with Gasteiger partial charge in [-0.25, -0.2) is 29.1 Å². The molecule has 24 heteroatoms. The summed E-state index contributed by atoms with van der Waals surface area (Å²) in [5.74, 6) is -0.145. The van der Waals surface area contributed by atoms with Crippen LogP contribution in [0.5, 0.6) is 0 Å². The number of phosphoric acid groups is 2. The number of hydrogen-bond donors (Lipinski definition) is 6. The molecule has 236 valence electrons. The highest BCUT2D eigenvalue weighted by molar-refractivity contribution is 7.47. The van der Waals surface area contributed by atoms with Gasteiger partial charge < -0.3 is 35.8 Å². The highest BCUT2D eigenvalue weighted by atomic mass is 31.2. The number of anilines is 2. The van der Waals surface area contributed by atoms with Crippen molar-refractivity contribution in [1.82, 2.24) is 39.0 Å². The maximum absolute atomic E-state index is 13.2. The third kappa shape index (κ3) is 5.18. The third-order valence-electron chi connectivity index (χ3n) is 7.24. The van der Waals surface area contributed by atoms with Crippen LogP contribution in [0, 0.1) is 0 Å². The molecule has 0 saturated carbocycles. The summed E-state index contributed by atoms with van der Waals surface area (Å²) in [6, 6.07) is 0. The Labute approximate surface area is 244 Å². The lowest BCUT2D eigenvalue weighted by atomic mass is 10.1. The highest BCUT2D eigenvalue weighted by Gasteiger charge is 2.52. The number of hydrogen-bond acceptors (Lipinski definition) is 17. The number of aromatic amines is 1. The van der Waals surface area contributed by atoms with Gasteiger partial charge in [-0.15, -0.1) is 0 Å². The van der Waals surface area contributed by atoms with Crippen LogP contribution in [0.3, 0.4) is 0 Å². The van der Waals surface area contributed by atoms with E-state index in [-0.39, 0.29) is 34.9 Å². The molecule has 0 aliphatic carbocycles. The first-order chi connectivity index (χ1) is 20.9. The minimum atomic E-state index is -5.01. The lowest BCUT2D eigenvalue weighted by Crippen LogP contribution is -2.35. The summed E-state index contributed by atoms with van der Waals surface area (Å²) in [5.41, 5.74) is 11.2. The van der Waals surface area contributed by atoms with E-state index in [1.54, 1.807) is 0 Å². The van der Waals surface area contributed by atoms with E-state index in [2.05, 4.69) is 29.9 Å². The van der Waals surface area contributed by atoms with Crippen molar-refractivity contribution in [3.63, 3.8) is 0 Å². The zero-order valence-corrected chi connectivity index (χ0v) is 23.9. The van der Waals surface area contributed by atoms with Crippen LogP contribution in [0.25, 0.3) is 22.3 Å². The average molecular weight is 658 g/mol. The van der Waals surface area contributed by atoms with Gasteiger partial charge in [-0.2, -0.15) is 4.98 Å². The Kier molecular flexibility index (Phi) is 7.06. The number of imidazole rings is 2. The zero-order valence-electron chi connectivity index (χ0n) is 22.1. The van der Waals surface area contributed by atoms with Crippen LogP contribution < -0.4 is 17.0 Å². The first-order valence-electron chi connectivity index (χ1n) is 12.8. The SMILES string of the molecule is Nc1nc2c(ncn2[C@@H]2O[C@@H]3COP(=O)(O)O[C@H]4C[C@H](n5cnc6c(N)ncnc65)O[C@@H]4COP(=O)(O)O[C@@H]2[C@@H]3O)c(=O)[nH]1. The Morgan fingerprint density at radius 3 is 2.39 bits per heavy atom. The molecule has 3 fully saturated rings. The van der Waals surface area contributed by atoms with E-state index in [0.717, 1.165) is 10.9 Å². The van der Waals surface area contributed by atoms with Crippen LogP contribution in [0.1, 0.15) is 18.9 Å². The van der Waals surface area contributed by atoms with Gasteiger partial charge in [0.2, 0.25) is 5.95 Å². The van der Waals surface area contributed by atoms with Crippen molar-refractivity contribution in [2.75, 3.05) is 24.7 Å². The van der Waals surface area contributed by atoms with E-state index in [0.29, 0.717) is 5.65 Å². The summed E-state index contributed by atoms with van der Waals surface area (Å²) < 4.78 is 61.7. The fourth-order valence-electron chi connectivity index (χ4n) is 5.26. The van der Waals surface area contributed by atoms with E-state index in [4.69, 9.17) is 39.0 Å². The van der Waals surface area contributed by atoms with E-state index >= 15 is 0 Å². The Hall–Kier alpha value is -3.40. The number of nitrogen functional groups attached to an aromatic ring is 2. The Balaban J connectivity index is 1.19. The second kappa shape index (κ2) is 10.6. The highest BCUT2D eigenvalue weighted by Crippen LogP contribution is 2.53. The Morgan fingerprint density at radius 1 is 0.886 bits per heavy atom. The van der Waals surface area contributed by atoms with Crippen molar-refractivity contribution >= 4 is 49.7 Å². The molecule has 0 radical (unpaired) electrons. The predicted molar refractivity (Wildman–Crippen MR) is 142 cm³/mol. The van der Waals surface area contributed by atoms with Gasteiger partial charge in [0.1, 0.15) is 48.6 Å². The number of nitrogens with zero attached hydrogens (tertiary/aromatic N) is 7. The minimum absolute atomic E-state index is 0.0654. The number of nitrogens with two attached hydrogens (primary N) is 2. The van der Waals surface area contributed by atoms with Gasteiger partial charge in [0.05, 0.1) is 25.9 Å². The summed E-state index contributed by atoms with van der Waals surface area (Å²) >= 11 is 0. The quantitative estimate of drug-likeness (QED) is 0.136. The number of fused-ring (bicyclic) bond motifs is 5. The molecule has 44 heavy (non-hydrogen) atoms. The largest absolute Gasteiger partial charge is 0.472 e. The number of aliphatic hydroxyl groups excluding tert-OH is 1. The van der Waals surface area contributed by atoms with E-state index in [1.165, 1.54) is 17.2 Å². The lowest BCUT2D eigenvalue weighted by molar-refractivity contribution is -0.0670. The maximum Gasteiger partial charge on any atom is 0.472 e. The van der Waals surface area contributed by atoms with Gasteiger partial charge in [0.25, 0.3) is 5.56 Å². The average Bonchev–Trinajstić information content (AvgIpc) is 3.72. The van der Waals surface area contributed by atoms with Crippen LogP contribution in [0.4, 0.5) is 11.8 Å². The molecule has 22 nitrogen and oxygen atoms in total. The van der Waals surface area contributed by atoms with Gasteiger partial charge in [0, 0.05) is 6.42 Å². The lowest BCUT2D eigenvalue weighted by Gasteiger charge is -2.25. The fraction of sp³-hybridized carbons (Fsp3) is 0.500. The van der Waals surface area contributed by atoms with Gasteiger partial charge >= 0.3 is 15.6 Å². The van der Waals surface area contributed by atoms with Crippen LogP contribution >= 0.6 is 15.6 Å². The number of aliphatic hydroxyl groups is 1. The summed E-state index contributed by atoms with van der Waals surface area (Å²) in [4.78, 5) is 56.0. The molecule has 7 heterocycles. The molecule has 0 aromatic carbocycles. The second-order valence-corrected chi connectivity index (χ2v) is 12.8. The molecule has 8 N–H and O–H groups in total. The predicted octanol–water partition coefficient (Wildman–Crippen LogP) is -1.31. The topological polar surface area (TPSA) is 309 Å². The summed E-state index contributed by atoms with van der Waals surface area (Å²) in [7, 11) is -9.88. The molecule has 4 aromatic heterocycles. The first-order valence-corrected chi connectivity index (χ1v) is 15.8. The zero-order chi connectivity index (χ0) is 31.0. The van der Waals surface area contributed by atoms with E-state index < -0.39 is 77.4 Å². The number of aromatic nitrogens is 8. The number of rotatable bonds is 2. The van der Waals surface area contributed by atoms with Crippen molar-refractivity contribution in [2.45, 2.75) is 49.4 Å². The summed E-state index contributed by atoms with van der Waals surface area (Å²) in [5, 5.41) is 11.0. The van der Waals surface area contributed by atoms with Gasteiger partial charge in [-0.1, -0.05) is 0 Å². The molecule has 3 aliphatic rings. The molecule has 7 rings (SSSR count). The standard InChI is InChI=1S/C20H24N10O12P2/c21-15-11-16(24-4-23-15)29(5-25-11)10-1-7-8(39-10)2-37-44(35,36)42-14-13(31)9(3-38-43(33,34)41-7)40-19(14)30-6-26-12-17(30)27-20(22)28-18(12)32/h4-10,13-14,19,31H,1-3H2,(H,33,34)(H,35,36)(H2,21,23,24)(H3,22,27,28,32)/t7-,8+,9+,10+,13+,14+,19+/m0/s1. The second-order valence-electron chi connectivity index (χ2n) is 10.0. The third-order valence-corrected chi connectivity index (χ3v) is 9.24. The molecule has 2 bridgehead atoms. The van der Waals surface area contributed by atoms with Crippen LogP contribution in [0.2, 0.25) is 0 Å². The monoisotopic (exact) mass is 658 g/mol. The first kappa shape index (κ1) is 29.3. The van der Waals surface area contributed by atoms with Crippen LogP contribution in [-0.2, 0) is 36.7 Å². The number of phosphoric ester groups is 2. The summed E-state index contributed by atoms with van der Waals surface area (Å²) in [6.45, 7) is -1.40. The van der Waals surface area contributed by atoms with Crippen molar-refractivity contribution in [1.29, 1.82) is 0 Å². The Bertz CT molecular complexity index is 1900. The molecular weight excluding hydrogens is 634 g/mol. The molecule has 3 saturated heterocycles. The Morgan fingerprint density at radius 2 is 1.59 bits per heavy atom. The minimum Gasteiger partial charge on any atom is -0.387 e. The smallest absolute Gasteiger partial charge is 0.387 e. The van der Waals surface area contributed by atoms with E-state index in [9.17, 15) is 28.8 Å². The van der Waals surface area contributed by atoms with E-state index in [1.807, 2.05) is 0 Å². The van der Waals surface area contributed by atoms with Crippen molar-refractivity contribution in [3.05, 3.63) is 29.3 Å². The molecule has 2 unspecified atom stereocenters. The number of H-pyrrole nitrogens is 1. The maximum atomic E-state index is 13.2. The van der Waals surface area contributed by atoms with Crippen molar-refractivity contribution in [3.8, 4) is 0 Å². The number of ether oxygens (including phenoxy) is 2. The molecule has 0 spiro atoms. The van der Waals surface area contributed by atoms with Gasteiger partial charge in [0.15, 0.2) is 28.9 Å². The van der Waals surface area contributed by atoms with Crippen LogP contribution in [0.15, 0.2) is 23.8 Å².